The van der Waals surface area contributed by atoms with E-state index in [-0.39, 0.29) is 16.8 Å². The number of tetrazole rings is 1. The van der Waals surface area contributed by atoms with E-state index < -0.39 is 10.0 Å². The van der Waals surface area contributed by atoms with E-state index in [9.17, 15) is 13.2 Å². The molecule has 29 heavy (non-hydrogen) atoms. The maximum atomic E-state index is 12.4. The summed E-state index contributed by atoms with van der Waals surface area (Å²) in [6, 6.07) is 11.4. The molecule has 0 saturated heterocycles. The second-order valence-electron chi connectivity index (χ2n) is 6.75. The molecule has 0 unspecified atom stereocenters. The van der Waals surface area contributed by atoms with Gasteiger partial charge in [-0.25, -0.2) is 17.8 Å². The number of carbonyl (C=O) groups excluding carboxylic acids is 1. The number of hydrogen-bond donors (Lipinski definition) is 3. The largest absolute Gasteiger partial charge is 0.298 e. The van der Waals surface area contributed by atoms with Crippen molar-refractivity contribution in [3.63, 3.8) is 0 Å². The van der Waals surface area contributed by atoms with Crippen LogP contribution in [-0.2, 0) is 10.0 Å². The molecule has 4 rings (SSSR count). The van der Waals surface area contributed by atoms with Crippen LogP contribution in [0.4, 0.5) is 5.69 Å². The summed E-state index contributed by atoms with van der Waals surface area (Å²) >= 11 is 0. The second kappa shape index (κ2) is 7.60. The normalized spacial score (nSPS) is 13.8. The third kappa shape index (κ3) is 4.41. The number of aromatic nitrogens is 4. The SMILES string of the molecule is Cc1cc(C(=O)NNc2ccc(S(=O)(=O)NC3CC3)cc2)ccc1-n1cnnn1. The highest BCUT2D eigenvalue weighted by Crippen LogP contribution is 2.22. The zero-order valence-electron chi connectivity index (χ0n) is 15.5. The van der Waals surface area contributed by atoms with E-state index in [1.54, 1.807) is 30.3 Å². The van der Waals surface area contributed by atoms with Crippen LogP contribution in [0.25, 0.3) is 5.69 Å². The highest BCUT2D eigenvalue weighted by molar-refractivity contribution is 7.89. The molecular formula is C18H19N7O3S. The molecule has 3 aromatic rings. The summed E-state index contributed by atoms with van der Waals surface area (Å²) in [4.78, 5) is 12.6. The molecule has 2 aromatic carbocycles. The number of hydrazine groups is 1. The minimum absolute atomic E-state index is 0.0488. The summed E-state index contributed by atoms with van der Waals surface area (Å²) in [5, 5.41) is 11.0. The first-order valence-electron chi connectivity index (χ1n) is 8.95. The van der Waals surface area contributed by atoms with Crippen LogP contribution in [0.2, 0.25) is 0 Å². The highest BCUT2D eigenvalue weighted by Gasteiger charge is 2.27. The zero-order valence-corrected chi connectivity index (χ0v) is 16.3. The average molecular weight is 413 g/mol. The lowest BCUT2D eigenvalue weighted by Gasteiger charge is -2.11. The van der Waals surface area contributed by atoms with Crippen LogP contribution in [0.15, 0.2) is 53.7 Å². The molecule has 1 fully saturated rings. The van der Waals surface area contributed by atoms with Gasteiger partial charge in [-0.3, -0.25) is 15.6 Å². The Morgan fingerprint density at radius 1 is 1.14 bits per heavy atom. The number of rotatable bonds is 7. The van der Waals surface area contributed by atoms with E-state index >= 15 is 0 Å². The first-order valence-corrected chi connectivity index (χ1v) is 10.4. The predicted molar refractivity (Wildman–Crippen MR) is 105 cm³/mol. The van der Waals surface area contributed by atoms with E-state index in [0.29, 0.717) is 11.3 Å². The minimum Gasteiger partial charge on any atom is -0.298 e. The minimum atomic E-state index is -3.50. The van der Waals surface area contributed by atoms with Gasteiger partial charge in [0.1, 0.15) is 6.33 Å². The van der Waals surface area contributed by atoms with Crippen LogP contribution in [-0.4, -0.2) is 40.6 Å². The Hall–Kier alpha value is -3.31. The Bertz CT molecular complexity index is 1120. The predicted octanol–water partition coefficient (Wildman–Crippen LogP) is 1.17. The van der Waals surface area contributed by atoms with Crippen molar-refractivity contribution in [1.82, 2.24) is 30.4 Å². The lowest BCUT2D eigenvalue weighted by Crippen LogP contribution is -2.29. The van der Waals surface area contributed by atoms with Gasteiger partial charge in [0.15, 0.2) is 0 Å². The number of nitrogens with zero attached hydrogens (tertiary/aromatic N) is 4. The van der Waals surface area contributed by atoms with Gasteiger partial charge in [-0.2, -0.15) is 0 Å². The van der Waals surface area contributed by atoms with Crippen molar-refractivity contribution >= 4 is 21.6 Å². The van der Waals surface area contributed by atoms with Crippen LogP contribution in [0, 0.1) is 6.92 Å². The van der Waals surface area contributed by atoms with Crippen molar-refractivity contribution in [3.8, 4) is 5.69 Å². The molecule has 11 heteroatoms. The third-order valence-corrected chi connectivity index (χ3v) is 5.98. The van der Waals surface area contributed by atoms with Crippen LogP contribution >= 0.6 is 0 Å². The Kier molecular flexibility index (Phi) is 4.99. The van der Waals surface area contributed by atoms with Crippen molar-refractivity contribution in [2.75, 3.05) is 5.43 Å². The molecule has 10 nitrogen and oxygen atoms in total. The van der Waals surface area contributed by atoms with E-state index in [4.69, 9.17) is 0 Å². The van der Waals surface area contributed by atoms with E-state index in [2.05, 4.69) is 31.1 Å². The summed E-state index contributed by atoms with van der Waals surface area (Å²) in [5.74, 6) is -0.330. The molecule has 0 radical (unpaired) electrons. The average Bonchev–Trinajstić information content (AvgIpc) is 3.34. The van der Waals surface area contributed by atoms with Gasteiger partial charge in [0.2, 0.25) is 10.0 Å². The fraction of sp³-hybridized carbons (Fsp3) is 0.222. The third-order valence-electron chi connectivity index (χ3n) is 4.44. The van der Waals surface area contributed by atoms with Gasteiger partial charge in [0.25, 0.3) is 5.91 Å². The topological polar surface area (TPSA) is 131 Å². The molecule has 1 aliphatic rings. The standard InChI is InChI=1S/C18H19N7O3S/c1-12-10-13(2-9-17(12)25-11-19-23-24-25)18(26)21-20-14-5-7-16(8-6-14)29(27,28)22-15-3-4-15/h2,5-11,15,20,22H,3-4H2,1H3,(H,21,26). The molecular weight excluding hydrogens is 394 g/mol. The summed E-state index contributed by atoms with van der Waals surface area (Å²) in [6.45, 7) is 1.86. The summed E-state index contributed by atoms with van der Waals surface area (Å²) in [5.41, 5.74) is 8.01. The number of benzene rings is 2. The number of hydrogen-bond acceptors (Lipinski definition) is 7. The van der Waals surface area contributed by atoms with Gasteiger partial charge < -0.3 is 0 Å². The second-order valence-corrected chi connectivity index (χ2v) is 8.47. The summed E-state index contributed by atoms with van der Waals surface area (Å²) in [6.07, 6.45) is 3.23. The van der Waals surface area contributed by atoms with Gasteiger partial charge in [0, 0.05) is 11.6 Å². The van der Waals surface area contributed by atoms with Gasteiger partial charge in [-0.05, 0) is 78.2 Å². The number of sulfonamides is 1. The molecule has 1 aliphatic carbocycles. The van der Waals surface area contributed by atoms with Crippen molar-refractivity contribution in [2.24, 2.45) is 0 Å². The van der Waals surface area contributed by atoms with E-state index in [1.165, 1.54) is 23.1 Å². The monoisotopic (exact) mass is 413 g/mol. The molecule has 1 aromatic heterocycles. The van der Waals surface area contributed by atoms with Crippen molar-refractivity contribution in [3.05, 3.63) is 59.9 Å². The number of aryl methyl sites for hydroxylation is 1. The molecule has 150 valence electrons. The lowest BCUT2D eigenvalue weighted by atomic mass is 10.1. The van der Waals surface area contributed by atoms with Gasteiger partial charge in [-0.15, -0.1) is 5.10 Å². The number of anilines is 1. The molecule has 1 heterocycles. The number of amides is 1. The van der Waals surface area contributed by atoms with Crippen molar-refractivity contribution in [1.29, 1.82) is 0 Å². The van der Waals surface area contributed by atoms with Crippen LogP contribution in [0.5, 0.6) is 0 Å². The van der Waals surface area contributed by atoms with Crippen LogP contribution < -0.4 is 15.6 Å². The van der Waals surface area contributed by atoms with Crippen LogP contribution in [0.3, 0.4) is 0 Å². The van der Waals surface area contributed by atoms with Crippen molar-refractivity contribution in [2.45, 2.75) is 30.7 Å². The quantitative estimate of drug-likeness (QED) is 0.496. The first kappa shape index (κ1) is 19.0. The molecule has 0 aliphatic heterocycles. The molecule has 0 atom stereocenters. The Morgan fingerprint density at radius 2 is 1.90 bits per heavy atom. The molecule has 0 spiro atoms. The lowest BCUT2D eigenvalue weighted by molar-refractivity contribution is 0.0962. The zero-order chi connectivity index (χ0) is 20.4. The number of carbonyl (C=O) groups is 1. The van der Waals surface area contributed by atoms with Gasteiger partial charge in [0.05, 0.1) is 16.3 Å². The maximum absolute atomic E-state index is 12.4. The van der Waals surface area contributed by atoms with E-state index in [0.717, 1.165) is 24.1 Å². The fourth-order valence-electron chi connectivity index (χ4n) is 2.73. The molecule has 0 bridgehead atoms. The summed E-state index contributed by atoms with van der Waals surface area (Å²) in [7, 11) is -3.50. The maximum Gasteiger partial charge on any atom is 0.269 e. The Morgan fingerprint density at radius 3 is 2.52 bits per heavy atom. The summed E-state index contributed by atoms with van der Waals surface area (Å²) < 4.78 is 28.5. The van der Waals surface area contributed by atoms with E-state index in [1.807, 2.05) is 6.92 Å². The Labute approximate surface area is 167 Å². The fourth-order valence-corrected chi connectivity index (χ4v) is 4.04. The van der Waals surface area contributed by atoms with Gasteiger partial charge in [-0.1, -0.05) is 0 Å². The first-order chi connectivity index (χ1) is 13.9. The number of nitrogens with one attached hydrogen (secondary N) is 3. The Balaban J connectivity index is 1.38. The smallest absolute Gasteiger partial charge is 0.269 e. The van der Waals surface area contributed by atoms with Crippen LogP contribution in [0.1, 0.15) is 28.8 Å². The highest BCUT2D eigenvalue weighted by atomic mass is 32.2. The van der Waals surface area contributed by atoms with Crippen molar-refractivity contribution < 1.29 is 13.2 Å². The molecule has 1 amide bonds. The molecule has 3 N–H and O–H groups in total. The van der Waals surface area contributed by atoms with Gasteiger partial charge >= 0.3 is 0 Å². The molecule has 1 saturated carbocycles.